The molecule has 2 aliphatic heterocycles. The van der Waals surface area contributed by atoms with E-state index >= 15 is 0 Å². The van der Waals surface area contributed by atoms with Gasteiger partial charge in [0.2, 0.25) is 5.91 Å². The third kappa shape index (κ3) is 17.6. The van der Waals surface area contributed by atoms with Crippen LogP contribution >= 0.6 is 11.8 Å². The molecule has 16 nitrogen and oxygen atoms in total. The first kappa shape index (κ1) is 43.8. The van der Waals surface area contributed by atoms with E-state index in [-0.39, 0.29) is 32.1 Å². The zero-order valence-corrected chi connectivity index (χ0v) is 31.1. The van der Waals surface area contributed by atoms with Crippen LogP contribution < -0.4 is 5.73 Å². The number of carboxylic acid groups (broad SMARTS) is 4. The molecule has 17 heteroatoms. The van der Waals surface area contributed by atoms with Gasteiger partial charge in [-0.25, -0.2) is 0 Å². The van der Waals surface area contributed by atoms with Crippen molar-refractivity contribution in [2.75, 3.05) is 110 Å². The SMILES string of the molecule is CC.Cc1cc(CSCC(N)C(=O)O)cc(CN2CCN(C(=O)CN3CCN(CC(=O)O)CCN(CC(=O)O)CCN(CC(=O)O)CC3)CC2)c1. The van der Waals surface area contributed by atoms with E-state index < -0.39 is 29.9 Å². The maximum atomic E-state index is 13.5. The van der Waals surface area contributed by atoms with E-state index in [2.05, 4.69) is 23.1 Å². The molecule has 0 radical (unpaired) electrons. The number of amides is 1. The molecule has 6 N–H and O–H groups in total. The fourth-order valence-electron chi connectivity index (χ4n) is 5.99. The maximum absolute atomic E-state index is 13.5. The van der Waals surface area contributed by atoms with E-state index in [1.165, 1.54) is 11.8 Å². The highest BCUT2D eigenvalue weighted by atomic mass is 32.2. The van der Waals surface area contributed by atoms with Crippen LogP contribution in [0.3, 0.4) is 0 Å². The smallest absolute Gasteiger partial charge is 0.321 e. The number of hydrogen-bond donors (Lipinski definition) is 5. The molecule has 1 aromatic carbocycles. The normalized spacial score (nSPS) is 18.5. The Bertz CT molecular complexity index is 1250. The van der Waals surface area contributed by atoms with Gasteiger partial charge in [0.05, 0.1) is 26.2 Å². The summed E-state index contributed by atoms with van der Waals surface area (Å²) in [6.45, 7) is 11.5. The van der Waals surface area contributed by atoms with Crippen LogP contribution in [0.15, 0.2) is 18.2 Å². The van der Waals surface area contributed by atoms with Gasteiger partial charge in [0.25, 0.3) is 0 Å². The van der Waals surface area contributed by atoms with Crippen LogP contribution in [0.1, 0.15) is 30.5 Å². The first-order valence-corrected chi connectivity index (χ1v) is 18.6. The van der Waals surface area contributed by atoms with Crippen molar-refractivity contribution in [3.63, 3.8) is 0 Å². The number of nitrogens with zero attached hydrogens (tertiary/aromatic N) is 6. The van der Waals surface area contributed by atoms with Crippen molar-refractivity contribution in [1.29, 1.82) is 0 Å². The summed E-state index contributed by atoms with van der Waals surface area (Å²) in [4.78, 5) is 70.3. The Morgan fingerprint density at radius 2 is 1.02 bits per heavy atom. The highest BCUT2D eigenvalue weighted by molar-refractivity contribution is 7.98. The lowest BCUT2D eigenvalue weighted by atomic mass is 10.1. The van der Waals surface area contributed by atoms with Crippen LogP contribution in [0, 0.1) is 6.92 Å². The topological polar surface area (TPSA) is 212 Å². The largest absolute Gasteiger partial charge is 0.480 e. The number of thioether (sulfide) groups is 1. The number of carboxylic acids is 4. The molecule has 0 aliphatic carbocycles. The van der Waals surface area contributed by atoms with E-state index in [0.29, 0.717) is 90.0 Å². The van der Waals surface area contributed by atoms with Crippen molar-refractivity contribution < 1.29 is 44.4 Å². The van der Waals surface area contributed by atoms with E-state index in [9.17, 15) is 39.3 Å². The lowest BCUT2D eigenvalue weighted by molar-refractivity contribution is -0.141. The van der Waals surface area contributed by atoms with Gasteiger partial charge in [-0.2, -0.15) is 11.8 Å². The van der Waals surface area contributed by atoms with Gasteiger partial charge in [0.1, 0.15) is 6.04 Å². The second kappa shape index (κ2) is 23.3. The second-order valence-corrected chi connectivity index (χ2v) is 13.8. The molecule has 2 saturated heterocycles. The van der Waals surface area contributed by atoms with Gasteiger partial charge < -0.3 is 31.1 Å². The standard InChI is InChI=1S/C32H51N7O9S.C2H6/c1-24-14-25(16-26(15-24)22-49-23-27(33)32(47)48)17-34-10-12-39(13-11-34)28(40)18-35-2-4-36(19-29(41)42)6-8-38(21-31(45)46)9-7-37(5-3-35)20-30(43)44;1-2/h14-16,27H,2-13,17-23,33H2,1H3,(H,41,42)(H,43,44)(H,45,46)(H,47,48);1-2H3. The van der Waals surface area contributed by atoms with Crippen molar-refractivity contribution in [3.8, 4) is 0 Å². The maximum Gasteiger partial charge on any atom is 0.321 e. The lowest BCUT2D eigenvalue weighted by Gasteiger charge is -2.37. The summed E-state index contributed by atoms with van der Waals surface area (Å²) in [6.07, 6.45) is 0. The van der Waals surface area contributed by atoms with Gasteiger partial charge in [-0.05, 0) is 18.1 Å². The first-order chi connectivity index (χ1) is 24.3. The van der Waals surface area contributed by atoms with Gasteiger partial charge in [0, 0.05) is 96.6 Å². The van der Waals surface area contributed by atoms with Gasteiger partial charge in [-0.15, -0.1) is 0 Å². The Kier molecular flexibility index (Phi) is 20.0. The van der Waals surface area contributed by atoms with E-state index in [1.54, 1.807) is 14.7 Å². The highest BCUT2D eigenvalue weighted by Crippen LogP contribution is 2.19. The summed E-state index contributed by atoms with van der Waals surface area (Å²) in [5.74, 6) is -3.05. The Balaban J connectivity index is 0.00000442. The molecule has 3 rings (SSSR count). The minimum absolute atomic E-state index is 0.0385. The average molecular weight is 740 g/mol. The van der Waals surface area contributed by atoms with E-state index in [0.717, 1.165) is 23.2 Å². The number of rotatable bonds is 15. The van der Waals surface area contributed by atoms with Gasteiger partial charge in [0.15, 0.2) is 0 Å². The number of benzene rings is 1. The number of aliphatic carboxylic acids is 4. The Labute approximate surface area is 305 Å². The number of hydrogen-bond acceptors (Lipinski definition) is 12. The molecule has 0 saturated carbocycles. The number of carbonyl (C=O) groups excluding carboxylic acids is 1. The van der Waals surface area contributed by atoms with Crippen molar-refractivity contribution >= 4 is 41.5 Å². The quantitative estimate of drug-likeness (QED) is 0.157. The van der Waals surface area contributed by atoms with Crippen LogP contribution in [0.5, 0.6) is 0 Å². The molecule has 2 fully saturated rings. The lowest BCUT2D eigenvalue weighted by Crippen LogP contribution is -2.53. The number of carbonyl (C=O) groups is 5. The molecule has 2 heterocycles. The van der Waals surface area contributed by atoms with Crippen LogP contribution in [0.2, 0.25) is 0 Å². The molecule has 288 valence electrons. The Hall–Kier alpha value is -3.32. The fraction of sp³-hybridized carbons (Fsp3) is 0.676. The summed E-state index contributed by atoms with van der Waals surface area (Å²) in [5.41, 5.74) is 9.01. The fourth-order valence-corrected chi connectivity index (χ4v) is 6.90. The van der Waals surface area contributed by atoms with Crippen molar-refractivity contribution in [3.05, 3.63) is 34.9 Å². The van der Waals surface area contributed by atoms with Crippen LogP contribution in [0.4, 0.5) is 0 Å². The first-order valence-electron chi connectivity index (χ1n) is 17.5. The molecule has 1 atom stereocenters. The van der Waals surface area contributed by atoms with Crippen molar-refractivity contribution in [2.45, 2.75) is 39.1 Å². The monoisotopic (exact) mass is 739 g/mol. The average Bonchev–Trinajstić information content (AvgIpc) is 3.06. The Morgan fingerprint density at radius 1 is 0.627 bits per heavy atom. The van der Waals surface area contributed by atoms with E-state index in [4.69, 9.17) is 10.8 Å². The second-order valence-electron chi connectivity index (χ2n) is 12.7. The summed E-state index contributed by atoms with van der Waals surface area (Å²) >= 11 is 1.49. The summed E-state index contributed by atoms with van der Waals surface area (Å²) in [5, 5.41) is 37.3. The summed E-state index contributed by atoms with van der Waals surface area (Å²) in [7, 11) is 0. The van der Waals surface area contributed by atoms with Crippen LogP contribution in [0.25, 0.3) is 0 Å². The molecule has 1 amide bonds. The van der Waals surface area contributed by atoms with Crippen LogP contribution in [-0.4, -0.2) is 196 Å². The van der Waals surface area contributed by atoms with Gasteiger partial charge >= 0.3 is 23.9 Å². The van der Waals surface area contributed by atoms with Crippen molar-refractivity contribution in [1.82, 2.24) is 29.4 Å². The number of aryl methyl sites for hydroxylation is 1. The molecule has 51 heavy (non-hydrogen) atoms. The van der Waals surface area contributed by atoms with Gasteiger partial charge in [-0.1, -0.05) is 37.6 Å². The molecular formula is C34H57N7O9S. The number of nitrogens with two attached hydrogens (primary N) is 1. The molecule has 1 unspecified atom stereocenters. The molecule has 0 aromatic heterocycles. The zero-order chi connectivity index (χ0) is 37.9. The minimum Gasteiger partial charge on any atom is -0.480 e. The highest BCUT2D eigenvalue weighted by Gasteiger charge is 2.25. The molecule has 0 bridgehead atoms. The van der Waals surface area contributed by atoms with Crippen LogP contribution in [-0.2, 0) is 36.3 Å². The molecule has 2 aliphatic rings. The third-order valence-electron chi connectivity index (χ3n) is 8.58. The number of piperazine rings is 1. The summed E-state index contributed by atoms with van der Waals surface area (Å²) in [6, 6.07) is 5.46. The predicted molar refractivity (Wildman–Crippen MR) is 195 cm³/mol. The molecule has 0 spiro atoms. The predicted octanol–water partition coefficient (Wildman–Crippen LogP) is -0.214. The van der Waals surface area contributed by atoms with Crippen molar-refractivity contribution in [2.24, 2.45) is 5.73 Å². The zero-order valence-electron chi connectivity index (χ0n) is 30.2. The molecule has 1 aromatic rings. The van der Waals surface area contributed by atoms with Gasteiger partial charge in [-0.3, -0.25) is 48.5 Å². The third-order valence-corrected chi connectivity index (χ3v) is 9.71. The minimum atomic E-state index is -1.01. The van der Waals surface area contributed by atoms with E-state index in [1.807, 2.05) is 30.6 Å². The summed E-state index contributed by atoms with van der Waals surface area (Å²) < 4.78 is 0. The Morgan fingerprint density at radius 3 is 1.43 bits per heavy atom. The molecular weight excluding hydrogens is 682 g/mol.